The van der Waals surface area contributed by atoms with E-state index in [-0.39, 0.29) is 17.9 Å². The molecule has 0 fully saturated rings. The van der Waals surface area contributed by atoms with Crippen molar-refractivity contribution in [1.29, 1.82) is 0 Å². The van der Waals surface area contributed by atoms with Crippen LogP contribution in [0.5, 0.6) is 11.5 Å². The van der Waals surface area contributed by atoms with Gasteiger partial charge in [0.15, 0.2) is 11.5 Å². The Morgan fingerprint density at radius 1 is 1.41 bits per heavy atom. The quantitative estimate of drug-likeness (QED) is 0.232. The van der Waals surface area contributed by atoms with Crippen molar-refractivity contribution in [3.63, 3.8) is 0 Å². The molecule has 1 rings (SSSR count). The zero-order valence-corrected chi connectivity index (χ0v) is 9.27. The number of carboxylic acids is 1. The Bertz CT molecular complexity index is 424. The average Bonchev–Trinajstić information content (AvgIpc) is 2.23. The molecule has 1 atom stereocenters. The minimum Gasteiger partial charge on any atom is -0.504 e. The highest BCUT2D eigenvalue weighted by molar-refractivity contribution is 5.78. The highest BCUT2D eigenvalue weighted by atomic mass is 16.4. The van der Waals surface area contributed by atoms with Gasteiger partial charge in [-0.3, -0.25) is 10.6 Å². The Morgan fingerprint density at radius 3 is 2.53 bits per heavy atom. The van der Waals surface area contributed by atoms with Gasteiger partial charge < -0.3 is 15.3 Å². The Hall–Kier alpha value is -1.83. The molecular formula is C10H15N3O4. The molecule has 7 nitrogen and oxygen atoms in total. The summed E-state index contributed by atoms with van der Waals surface area (Å²) in [7, 11) is 0. The molecule has 0 amide bonds. The summed E-state index contributed by atoms with van der Waals surface area (Å²) in [4.78, 5) is 11.1. The number of carbonyl (C=O) groups is 1. The van der Waals surface area contributed by atoms with E-state index in [0.29, 0.717) is 5.56 Å². The van der Waals surface area contributed by atoms with Crippen LogP contribution in [0.3, 0.4) is 0 Å². The Morgan fingerprint density at radius 2 is 2.06 bits per heavy atom. The lowest BCUT2D eigenvalue weighted by Crippen LogP contribution is -2.59. The van der Waals surface area contributed by atoms with Gasteiger partial charge in [0.05, 0.1) is 0 Å². The van der Waals surface area contributed by atoms with Crippen LogP contribution < -0.4 is 16.8 Å². The normalized spacial score (nSPS) is 14.2. The van der Waals surface area contributed by atoms with Gasteiger partial charge in [-0.2, -0.15) is 5.53 Å². The first-order chi connectivity index (χ1) is 7.89. The van der Waals surface area contributed by atoms with Gasteiger partial charge in [0.2, 0.25) is 0 Å². The van der Waals surface area contributed by atoms with E-state index in [9.17, 15) is 9.90 Å². The minimum atomic E-state index is -1.32. The van der Waals surface area contributed by atoms with E-state index in [4.69, 9.17) is 16.1 Å². The third kappa shape index (κ3) is 3.06. The van der Waals surface area contributed by atoms with Crippen molar-refractivity contribution in [3.05, 3.63) is 23.8 Å². The molecule has 17 heavy (non-hydrogen) atoms. The number of aromatic hydroxyl groups is 2. The van der Waals surface area contributed by atoms with Gasteiger partial charge in [0, 0.05) is 6.42 Å². The molecule has 94 valence electrons. The maximum atomic E-state index is 11.1. The summed E-state index contributed by atoms with van der Waals surface area (Å²) >= 11 is 0. The fourth-order valence-corrected chi connectivity index (χ4v) is 1.42. The largest absolute Gasteiger partial charge is 0.504 e. The van der Waals surface area contributed by atoms with Crippen molar-refractivity contribution < 1.29 is 20.1 Å². The number of nitrogens with one attached hydrogen (secondary N) is 2. The second-order valence-electron chi connectivity index (χ2n) is 3.91. The lowest BCUT2D eigenvalue weighted by atomic mass is 9.93. The number of hydrogen-bond acceptors (Lipinski definition) is 6. The number of aliphatic carboxylic acids is 1. The fourth-order valence-electron chi connectivity index (χ4n) is 1.42. The summed E-state index contributed by atoms with van der Waals surface area (Å²) in [5.74, 6) is 3.40. The highest BCUT2D eigenvalue weighted by Crippen LogP contribution is 2.26. The third-order valence-electron chi connectivity index (χ3n) is 2.42. The Balaban J connectivity index is 2.94. The zero-order valence-electron chi connectivity index (χ0n) is 9.27. The molecule has 7 N–H and O–H groups in total. The predicted octanol–water partition coefficient (Wildman–Crippen LogP) is -0.549. The molecule has 1 aromatic rings. The first-order valence-corrected chi connectivity index (χ1v) is 4.86. The van der Waals surface area contributed by atoms with Gasteiger partial charge in [0.25, 0.3) is 0 Å². The lowest BCUT2D eigenvalue weighted by molar-refractivity contribution is -0.144. The van der Waals surface area contributed by atoms with E-state index >= 15 is 0 Å². The average molecular weight is 241 g/mol. The van der Waals surface area contributed by atoms with Crippen molar-refractivity contribution in [3.8, 4) is 11.5 Å². The molecule has 0 radical (unpaired) electrons. The Kier molecular flexibility index (Phi) is 3.89. The van der Waals surface area contributed by atoms with E-state index in [2.05, 4.69) is 11.0 Å². The summed E-state index contributed by atoms with van der Waals surface area (Å²) in [5, 5.41) is 27.5. The highest BCUT2D eigenvalue weighted by Gasteiger charge is 2.33. The van der Waals surface area contributed by atoms with E-state index in [1.54, 1.807) is 0 Å². The summed E-state index contributed by atoms with van der Waals surface area (Å²) in [6, 6.07) is 4.12. The molecule has 0 aliphatic heterocycles. The van der Waals surface area contributed by atoms with Gasteiger partial charge >= 0.3 is 5.97 Å². The SMILES string of the molecule is CC(Cc1ccc(O)c(O)c1)(NNN)C(=O)O. The van der Waals surface area contributed by atoms with Crippen molar-refractivity contribution in [2.75, 3.05) is 0 Å². The molecular weight excluding hydrogens is 226 g/mol. The van der Waals surface area contributed by atoms with E-state index in [1.807, 2.05) is 0 Å². The van der Waals surface area contributed by atoms with Crippen molar-refractivity contribution in [2.24, 2.45) is 5.84 Å². The Labute approximate surface area is 97.8 Å². The van der Waals surface area contributed by atoms with Gasteiger partial charge in [-0.05, 0) is 24.6 Å². The predicted molar refractivity (Wildman–Crippen MR) is 60.0 cm³/mol. The molecule has 7 heteroatoms. The molecule has 0 aliphatic carbocycles. The van der Waals surface area contributed by atoms with Gasteiger partial charge in [0.1, 0.15) is 5.54 Å². The number of hydrogen-bond donors (Lipinski definition) is 6. The van der Waals surface area contributed by atoms with Crippen molar-refractivity contribution in [1.82, 2.24) is 11.0 Å². The van der Waals surface area contributed by atoms with Gasteiger partial charge in [-0.15, -0.1) is 0 Å². The lowest BCUT2D eigenvalue weighted by Gasteiger charge is -2.25. The number of carboxylic acid groups (broad SMARTS) is 1. The molecule has 0 heterocycles. The van der Waals surface area contributed by atoms with E-state index in [0.717, 1.165) is 0 Å². The van der Waals surface area contributed by atoms with Crippen molar-refractivity contribution in [2.45, 2.75) is 18.9 Å². The first-order valence-electron chi connectivity index (χ1n) is 4.86. The molecule has 0 spiro atoms. The maximum Gasteiger partial charge on any atom is 0.325 e. The number of rotatable bonds is 5. The van der Waals surface area contributed by atoms with Crippen LogP contribution in [0.4, 0.5) is 0 Å². The standard InChI is InChI=1S/C10H15N3O4/c1-10(9(16)17,12-13-11)5-6-2-3-7(14)8(15)4-6/h2-4,12-15H,5,11H2,1H3,(H,16,17). The van der Waals surface area contributed by atoms with Crippen LogP contribution >= 0.6 is 0 Å². The fraction of sp³-hybridized carbons (Fsp3) is 0.300. The maximum absolute atomic E-state index is 11.1. The summed E-state index contributed by atoms with van der Waals surface area (Å²) in [6.07, 6.45) is 0.0837. The second kappa shape index (κ2) is 5.00. The van der Waals surface area contributed by atoms with Crippen LogP contribution in [-0.2, 0) is 11.2 Å². The first kappa shape index (κ1) is 13.2. The number of benzene rings is 1. The summed E-state index contributed by atoms with van der Waals surface area (Å²) in [5.41, 5.74) is 3.75. The van der Waals surface area contributed by atoms with E-state index in [1.165, 1.54) is 25.1 Å². The topological polar surface area (TPSA) is 128 Å². The molecule has 1 aromatic carbocycles. The van der Waals surface area contributed by atoms with Crippen LogP contribution in [0.2, 0.25) is 0 Å². The molecule has 1 unspecified atom stereocenters. The third-order valence-corrected chi connectivity index (χ3v) is 2.42. The smallest absolute Gasteiger partial charge is 0.325 e. The van der Waals surface area contributed by atoms with Crippen LogP contribution in [0, 0.1) is 0 Å². The molecule has 0 saturated heterocycles. The van der Waals surface area contributed by atoms with Crippen LogP contribution in [0.1, 0.15) is 12.5 Å². The van der Waals surface area contributed by atoms with Gasteiger partial charge in [-0.1, -0.05) is 6.07 Å². The van der Waals surface area contributed by atoms with E-state index < -0.39 is 11.5 Å². The summed E-state index contributed by atoms with van der Waals surface area (Å²) < 4.78 is 0. The van der Waals surface area contributed by atoms with Crippen LogP contribution in [-0.4, -0.2) is 26.8 Å². The number of phenolic OH excluding ortho intramolecular Hbond substituents is 2. The number of nitrogens with two attached hydrogens (primary N) is 1. The monoisotopic (exact) mass is 241 g/mol. The van der Waals surface area contributed by atoms with Crippen LogP contribution in [0.15, 0.2) is 18.2 Å². The van der Waals surface area contributed by atoms with Crippen LogP contribution in [0.25, 0.3) is 0 Å². The second-order valence-corrected chi connectivity index (χ2v) is 3.91. The number of hydrazine groups is 2. The molecule has 0 aromatic heterocycles. The molecule has 0 saturated carbocycles. The summed E-state index contributed by atoms with van der Waals surface area (Å²) in [6.45, 7) is 1.44. The van der Waals surface area contributed by atoms with Crippen molar-refractivity contribution >= 4 is 5.97 Å². The minimum absolute atomic E-state index is 0.0837. The zero-order chi connectivity index (χ0) is 13.1. The molecule has 0 aliphatic rings. The number of phenols is 2. The molecule has 0 bridgehead atoms. The van der Waals surface area contributed by atoms with Gasteiger partial charge in [-0.25, -0.2) is 5.43 Å².